The Morgan fingerprint density at radius 2 is 2.17 bits per heavy atom. The number of nitrogens with one attached hydrogen (secondary N) is 1. The van der Waals surface area contributed by atoms with Gasteiger partial charge in [0.2, 0.25) is 0 Å². The van der Waals surface area contributed by atoms with Gasteiger partial charge in [0.15, 0.2) is 0 Å². The smallest absolute Gasteiger partial charge is 0.0777 e. The van der Waals surface area contributed by atoms with Gasteiger partial charge < -0.3 is 15.0 Å². The van der Waals surface area contributed by atoms with Gasteiger partial charge in [0.1, 0.15) is 0 Å². The lowest BCUT2D eigenvalue weighted by atomic mass is 9.94. The van der Waals surface area contributed by atoms with Gasteiger partial charge in [0, 0.05) is 19.7 Å². The van der Waals surface area contributed by atoms with Crippen LogP contribution in [0.5, 0.6) is 0 Å². The van der Waals surface area contributed by atoms with Gasteiger partial charge >= 0.3 is 0 Å². The topological polar surface area (TPSA) is 24.5 Å². The summed E-state index contributed by atoms with van der Waals surface area (Å²) < 4.78 is 5.63. The molecule has 0 radical (unpaired) electrons. The largest absolute Gasteiger partial charge is 0.377 e. The summed E-state index contributed by atoms with van der Waals surface area (Å²) in [6, 6.07) is 0.667. The van der Waals surface area contributed by atoms with Crippen molar-refractivity contribution in [2.75, 3.05) is 33.3 Å². The van der Waals surface area contributed by atoms with Crippen molar-refractivity contribution in [2.45, 2.75) is 64.5 Å². The molecule has 0 aromatic rings. The van der Waals surface area contributed by atoms with Crippen LogP contribution >= 0.6 is 0 Å². The van der Waals surface area contributed by atoms with E-state index in [4.69, 9.17) is 4.74 Å². The summed E-state index contributed by atoms with van der Waals surface area (Å²) in [6.07, 6.45) is 6.42. The fourth-order valence-corrected chi connectivity index (χ4v) is 2.90. The fourth-order valence-electron chi connectivity index (χ4n) is 2.90. The first-order chi connectivity index (χ1) is 8.59. The highest BCUT2D eigenvalue weighted by Gasteiger charge is 2.30. The first-order valence-electron chi connectivity index (χ1n) is 7.60. The molecular weight excluding hydrogens is 224 g/mol. The van der Waals surface area contributed by atoms with Crippen molar-refractivity contribution in [3.05, 3.63) is 0 Å². The van der Waals surface area contributed by atoms with Crippen LogP contribution in [0.4, 0.5) is 0 Å². The summed E-state index contributed by atoms with van der Waals surface area (Å²) in [6.45, 7) is 11.4. The summed E-state index contributed by atoms with van der Waals surface area (Å²) in [5.41, 5.74) is 0.0926. The van der Waals surface area contributed by atoms with Crippen LogP contribution in [0.2, 0.25) is 0 Å². The van der Waals surface area contributed by atoms with Gasteiger partial charge in [0.25, 0.3) is 0 Å². The van der Waals surface area contributed by atoms with Crippen LogP contribution in [-0.4, -0.2) is 49.8 Å². The summed E-state index contributed by atoms with van der Waals surface area (Å²) in [7, 11) is 1.85. The van der Waals surface area contributed by atoms with Gasteiger partial charge in [-0.05, 0) is 59.2 Å². The third-order valence-corrected chi connectivity index (χ3v) is 4.14. The van der Waals surface area contributed by atoms with Crippen LogP contribution in [0.1, 0.15) is 52.9 Å². The first-order valence-corrected chi connectivity index (χ1v) is 7.60. The second-order valence-corrected chi connectivity index (χ2v) is 5.99. The molecule has 2 atom stereocenters. The lowest BCUT2D eigenvalue weighted by Gasteiger charge is -2.39. The highest BCUT2D eigenvalue weighted by Crippen LogP contribution is 2.23. The molecule has 0 spiro atoms. The molecule has 1 aliphatic heterocycles. The van der Waals surface area contributed by atoms with Gasteiger partial charge in [-0.2, -0.15) is 0 Å². The lowest BCUT2D eigenvalue weighted by molar-refractivity contribution is -0.0508. The Kier molecular flexibility index (Phi) is 7.20. The normalized spacial score (nSPS) is 27.3. The first kappa shape index (κ1) is 15.9. The Bertz CT molecular complexity index is 223. The molecule has 0 aromatic carbocycles. The molecule has 1 aliphatic rings. The Morgan fingerprint density at radius 1 is 1.39 bits per heavy atom. The maximum absolute atomic E-state index is 5.63. The van der Waals surface area contributed by atoms with E-state index in [1.165, 1.54) is 45.2 Å². The molecular formula is C15H32N2O. The van der Waals surface area contributed by atoms with Crippen molar-refractivity contribution in [1.29, 1.82) is 0 Å². The number of hydrogen-bond acceptors (Lipinski definition) is 3. The number of hydrogen-bond donors (Lipinski definition) is 1. The maximum atomic E-state index is 5.63. The Labute approximate surface area is 113 Å². The van der Waals surface area contributed by atoms with E-state index in [1.807, 2.05) is 7.11 Å². The van der Waals surface area contributed by atoms with Gasteiger partial charge in [0.05, 0.1) is 5.60 Å². The van der Waals surface area contributed by atoms with Crippen molar-refractivity contribution >= 4 is 0 Å². The third kappa shape index (κ3) is 5.68. The molecule has 18 heavy (non-hydrogen) atoms. The summed E-state index contributed by atoms with van der Waals surface area (Å²) in [5, 5.41) is 3.47. The van der Waals surface area contributed by atoms with E-state index < -0.39 is 0 Å². The Balaban J connectivity index is 2.12. The second-order valence-electron chi connectivity index (χ2n) is 5.99. The second kappa shape index (κ2) is 8.13. The molecule has 3 nitrogen and oxygen atoms in total. The number of nitrogens with zero attached hydrogens (tertiary/aromatic N) is 1. The molecule has 108 valence electrons. The highest BCUT2D eigenvalue weighted by atomic mass is 16.5. The number of methoxy groups -OCH3 is 1. The zero-order chi connectivity index (χ0) is 13.4. The molecule has 0 amide bonds. The van der Waals surface area contributed by atoms with Crippen LogP contribution in [0.25, 0.3) is 0 Å². The monoisotopic (exact) mass is 256 g/mol. The minimum absolute atomic E-state index is 0.0926. The summed E-state index contributed by atoms with van der Waals surface area (Å²) in [4.78, 5) is 2.57. The van der Waals surface area contributed by atoms with Crippen LogP contribution in [-0.2, 0) is 4.74 Å². The number of ether oxygens (including phenoxy) is 1. The highest BCUT2D eigenvalue weighted by molar-refractivity contribution is 4.84. The minimum Gasteiger partial charge on any atom is -0.377 e. The van der Waals surface area contributed by atoms with Crippen LogP contribution < -0.4 is 5.32 Å². The molecule has 1 rings (SSSR count). The van der Waals surface area contributed by atoms with Gasteiger partial charge in [-0.15, -0.1) is 0 Å². The fraction of sp³-hybridized carbons (Fsp3) is 1.00. The van der Waals surface area contributed by atoms with Crippen molar-refractivity contribution in [2.24, 2.45) is 0 Å². The van der Waals surface area contributed by atoms with Gasteiger partial charge in [-0.3, -0.25) is 0 Å². The Hall–Kier alpha value is -0.120. The number of likely N-dealkylation sites (tertiary alicyclic amines) is 1. The van der Waals surface area contributed by atoms with Crippen molar-refractivity contribution in [3.8, 4) is 0 Å². The maximum Gasteiger partial charge on any atom is 0.0777 e. The summed E-state index contributed by atoms with van der Waals surface area (Å²) in [5.74, 6) is 0. The van der Waals surface area contributed by atoms with E-state index >= 15 is 0 Å². The zero-order valence-electron chi connectivity index (χ0n) is 12.8. The molecule has 0 saturated carbocycles. The van der Waals surface area contributed by atoms with E-state index in [0.717, 1.165) is 13.1 Å². The molecule has 0 bridgehead atoms. The van der Waals surface area contributed by atoms with Crippen LogP contribution in [0.3, 0.4) is 0 Å². The standard InChI is InChI=1S/C15H32N2O/c1-5-16-14(2)9-6-7-11-17-12-8-10-15(3,13-17)18-4/h14,16H,5-13H2,1-4H3. The average molecular weight is 256 g/mol. The lowest BCUT2D eigenvalue weighted by Crippen LogP contribution is -2.47. The van der Waals surface area contributed by atoms with E-state index in [0.29, 0.717) is 6.04 Å². The molecule has 1 heterocycles. The minimum atomic E-state index is 0.0926. The predicted octanol–water partition coefficient (Wildman–Crippen LogP) is 2.66. The third-order valence-electron chi connectivity index (χ3n) is 4.14. The van der Waals surface area contributed by atoms with E-state index in [2.05, 4.69) is 31.0 Å². The Morgan fingerprint density at radius 3 is 2.83 bits per heavy atom. The van der Waals surface area contributed by atoms with Crippen molar-refractivity contribution in [1.82, 2.24) is 10.2 Å². The van der Waals surface area contributed by atoms with Crippen LogP contribution in [0, 0.1) is 0 Å². The van der Waals surface area contributed by atoms with Gasteiger partial charge in [-0.1, -0.05) is 13.3 Å². The molecule has 0 aliphatic carbocycles. The van der Waals surface area contributed by atoms with Crippen LogP contribution in [0.15, 0.2) is 0 Å². The van der Waals surface area contributed by atoms with E-state index in [1.54, 1.807) is 0 Å². The molecule has 1 saturated heterocycles. The quantitative estimate of drug-likeness (QED) is 0.676. The SMILES string of the molecule is CCNC(C)CCCCN1CCCC(C)(OC)C1. The number of unbranched alkanes of at least 4 members (excludes halogenated alkanes) is 1. The van der Waals surface area contributed by atoms with Crippen molar-refractivity contribution < 1.29 is 4.74 Å². The molecule has 0 aromatic heterocycles. The van der Waals surface area contributed by atoms with Gasteiger partial charge in [-0.25, -0.2) is 0 Å². The van der Waals surface area contributed by atoms with E-state index in [-0.39, 0.29) is 5.60 Å². The average Bonchev–Trinajstić information content (AvgIpc) is 2.35. The zero-order valence-corrected chi connectivity index (χ0v) is 12.8. The summed E-state index contributed by atoms with van der Waals surface area (Å²) >= 11 is 0. The van der Waals surface area contributed by atoms with Crippen molar-refractivity contribution in [3.63, 3.8) is 0 Å². The van der Waals surface area contributed by atoms with E-state index in [9.17, 15) is 0 Å². The molecule has 1 fully saturated rings. The predicted molar refractivity (Wildman–Crippen MR) is 78.1 cm³/mol. The number of rotatable bonds is 8. The molecule has 2 unspecified atom stereocenters. The number of piperidine rings is 1. The molecule has 1 N–H and O–H groups in total. The molecule has 3 heteroatoms.